The second kappa shape index (κ2) is 8.44. The van der Waals surface area contributed by atoms with Crippen LogP contribution in [0.2, 0.25) is 0 Å². The first kappa shape index (κ1) is 21.8. The highest BCUT2D eigenvalue weighted by Crippen LogP contribution is 2.28. The molecule has 1 aliphatic carbocycles. The van der Waals surface area contributed by atoms with E-state index >= 15 is 0 Å². The van der Waals surface area contributed by atoms with Crippen molar-refractivity contribution in [3.63, 3.8) is 0 Å². The van der Waals surface area contributed by atoms with Crippen LogP contribution < -0.4 is 10.0 Å². The standard InChI is InChI=1S/C17H22F4N4O3S/c1-25(10-17(19,20)21)29(26,27)22-9-11-2-5-13(6-3-11)23-16-24-14-7-4-12(18)8-15(14)28-16/h4,7-8,11,13,22H,2-3,5-6,9-10H2,1H3,(H,23,24). The van der Waals surface area contributed by atoms with Crippen LogP contribution in [0.3, 0.4) is 0 Å². The van der Waals surface area contributed by atoms with Gasteiger partial charge in [-0.15, -0.1) is 0 Å². The smallest absolute Gasteiger partial charge is 0.402 e. The van der Waals surface area contributed by atoms with Crippen molar-refractivity contribution < 1.29 is 30.4 Å². The Balaban J connectivity index is 1.46. The van der Waals surface area contributed by atoms with E-state index in [1.807, 2.05) is 0 Å². The van der Waals surface area contributed by atoms with E-state index in [-0.39, 0.29) is 22.8 Å². The third-order valence-electron chi connectivity index (χ3n) is 4.89. The van der Waals surface area contributed by atoms with Crippen LogP contribution in [-0.2, 0) is 10.2 Å². The Kier molecular flexibility index (Phi) is 6.34. The monoisotopic (exact) mass is 438 g/mol. The fourth-order valence-corrected chi connectivity index (χ4v) is 4.30. The molecule has 0 atom stereocenters. The van der Waals surface area contributed by atoms with Crippen LogP contribution in [0.1, 0.15) is 25.7 Å². The van der Waals surface area contributed by atoms with Crippen LogP contribution in [0.4, 0.5) is 23.6 Å². The van der Waals surface area contributed by atoms with Crippen molar-refractivity contribution in [1.82, 2.24) is 14.0 Å². The molecule has 1 heterocycles. The number of hydrogen-bond acceptors (Lipinski definition) is 5. The molecule has 1 aromatic heterocycles. The number of oxazole rings is 1. The van der Waals surface area contributed by atoms with Gasteiger partial charge in [-0.3, -0.25) is 0 Å². The Labute approximate surface area is 165 Å². The molecule has 7 nitrogen and oxygen atoms in total. The van der Waals surface area contributed by atoms with Gasteiger partial charge in [0.1, 0.15) is 17.9 Å². The summed E-state index contributed by atoms with van der Waals surface area (Å²) in [7, 11) is -3.29. The van der Waals surface area contributed by atoms with Gasteiger partial charge in [0.2, 0.25) is 0 Å². The number of fused-ring (bicyclic) bond motifs is 1. The van der Waals surface area contributed by atoms with Crippen LogP contribution in [0.5, 0.6) is 0 Å². The minimum atomic E-state index is -4.59. The zero-order valence-corrected chi connectivity index (χ0v) is 16.5. The predicted molar refractivity (Wildman–Crippen MR) is 98.9 cm³/mol. The maximum Gasteiger partial charge on any atom is 0.402 e. The number of anilines is 1. The number of nitrogens with zero attached hydrogens (tertiary/aromatic N) is 2. The largest absolute Gasteiger partial charge is 0.423 e. The first-order chi connectivity index (χ1) is 13.5. The Bertz CT molecular complexity index is 940. The molecule has 0 unspecified atom stereocenters. The van der Waals surface area contributed by atoms with E-state index in [1.54, 1.807) is 0 Å². The van der Waals surface area contributed by atoms with Gasteiger partial charge in [-0.1, -0.05) is 0 Å². The predicted octanol–water partition coefficient (Wildman–Crippen LogP) is 3.27. The van der Waals surface area contributed by atoms with E-state index in [0.717, 1.165) is 19.9 Å². The molecule has 0 amide bonds. The number of nitrogens with one attached hydrogen (secondary N) is 2. The number of rotatable bonds is 7. The Morgan fingerprint density at radius 3 is 2.59 bits per heavy atom. The first-order valence-electron chi connectivity index (χ1n) is 9.12. The second-order valence-corrected chi connectivity index (χ2v) is 9.08. The summed E-state index contributed by atoms with van der Waals surface area (Å²) in [6.07, 6.45) is -1.77. The molecule has 1 aromatic carbocycles. The summed E-state index contributed by atoms with van der Waals surface area (Å²) < 4.78 is 82.2. The van der Waals surface area contributed by atoms with Gasteiger partial charge in [-0.2, -0.15) is 30.9 Å². The van der Waals surface area contributed by atoms with Crippen molar-refractivity contribution in [2.45, 2.75) is 37.9 Å². The maximum absolute atomic E-state index is 13.2. The zero-order chi connectivity index (χ0) is 21.2. The molecule has 0 aliphatic heterocycles. The summed E-state index contributed by atoms with van der Waals surface area (Å²) in [4.78, 5) is 4.25. The summed E-state index contributed by atoms with van der Waals surface area (Å²) in [6.45, 7) is -1.45. The van der Waals surface area contributed by atoms with E-state index in [1.165, 1.54) is 18.2 Å². The van der Waals surface area contributed by atoms with Gasteiger partial charge in [0, 0.05) is 25.7 Å². The van der Waals surface area contributed by atoms with Gasteiger partial charge < -0.3 is 9.73 Å². The maximum atomic E-state index is 13.2. The Hall–Kier alpha value is -1.92. The summed E-state index contributed by atoms with van der Waals surface area (Å²) in [6, 6.07) is 4.44. The van der Waals surface area contributed by atoms with Gasteiger partial charge in [0.25, 0.3) is 16.2 Å². The molecule has 12 heteroatoms. The number of alkyl halides is 3. The lowest BCUT2D eigenvalue weighted by molar-refractivity contribution is -0.134. The highest BCUT2D eigenvalue weighted by molar-refractivity contribution is 7.87. The van der Waals surface area contributed by atoms with Crippen molar-refractivity contribution >= 4 is 27.3 Å². The third-order valence-corrected chi connectivity index (χ3v) is 6.37. The highest BCUT2D eigenvalue weighted by Gasteiger charge is 2.34. The van der Waals surface area contributed by atoms with Crippen molar-refractivity contribution in [1.29, 1.82) is 0 Å². The molecule has 2 N–H and O–H groups in total. The summed E-state index contributed by atoms with van der Waals surface area (Å²) >= 11 is 0. The average Bonchev–Trinajstić information content (AvgIpc) is 3.01. The van der Waals surface area contributed by atoms with Crippen LogP contribution >= 0.6 is 0 Å². The van der Waals surface area contributed by atoms with E-state index in [2.05, 4.69) is 15.0 Å². The molecule has 3 rings (SSSR count). The van der Waals surface area contributed by atoms with Gasteiger partial charge in [0.05, 0.1) is 0 Å². The molecule has 0 spiro atoms. The molecule has 2 aromatic rings. The van der Waals surface area contributed by atoms with Crippen LogP contribution in [0.25, 0.3) is 11.1 Å². The summed E-state index contributed by atoms with van der Waals surface area (Å²) in [5.41, 5.74) is 0.888. The number of halogens is 4. The first-order valence-corrected chi connectivity index (χ1v) is 10.6. The summed E-state index contributed by atoms with van der Waals surface area (Å²) in [5.74, 6) is -0.385. The van der Waals surface area contributed by atoms with Crippen molar-refractivity contribution in [2.75, 3.05) is 25.5 Å². The minimum Gasteiger partial charge on any atom is -0.423 e. The van der Waals surface area contributed by atoms with E-state index in [4.69, 9.17) is 4.42 Å². The molecule has 1 saturated carbocycles. The van der Waals surface area contributed by atoms with Crippen molar-refractivity contribution in [2.24, 2.45) is 5.92 Å². The number of benzene rings is 1. The molecule has 0 bridgehead atoms. The fourth-order valence-electron chi connectivity index (χ4n) is 3.32. The summed E-state index contributed by atoms with van der Waals surface area (Å²) in [5, 5.41) is 3.15. The van der Waals surface area contributed by atoms with Crippen LogP contribution in [0, 0.1) is 11.7 Å². The van der Waals surface area contributed by atoms with Gasteiger partial charge >= 0.3 is 6.18 Å². The lowest BCUT2D eigenvalue weighted by Crippen LogP contribution is -2.44. The Morgan fingerprint density at radius 1 is 1.24 bits per heavy atom. The normalized spacial score (nSPS) is 21.0. The highest BCUT2D eigenvalue weighted by atomic mass is 32.2. The lowest BCUT2D eigenvalue weighted by Gasteiger charge is -2.29. The van der Waals surface area contributed by atoms with E-state index in [0.29, 0.717) is 30.0 Å². The van der Waals surface area contributed by atoms with E-state index < -0.39 is 28.7 Å². The van der Waals surface area contributed by atoms with Crippen LogP contribution in [0.15, 0.2) is 22.6 Å². The lowest BCUT2D eigenvalue weighted by atomic mass is 9.86. The van der Waals surface area contributed by atoms with Crippen molar-refractivity contribution in [3.05, 3.63) is 24.0 Å². The second-order valence-electron chi connectivity index (χ2n) is 7.22. The molecule has 1 aliphatic rings. The molecule has 1 fully saturated rings. The molecular weight excluding hydrogens is 416 g/mol. The van der Waals surface area contributed by atoms with Crippen LogP contribution in [-0.4, -0.2) is 50.1 Å². The minimum absolute atomic E-state index is 0.0276. The van der Waals surface area contributed by atoms with Gasteiger partial charge in [0.15, 0.2) is 5.58 Å². The third kappa shape index (κ3) is 6.03. The molecule has 0 radical (unpaired) electrons. The van der Waals surface area contributed by atoms with Gasteiger partial charge in [-0.25, -0.2) is 9.11 Å². The quantitative estimate of drug-likeness (QED) is 0.648. The Morgan fingerprint density at radius 2 is 1.93 bits per heavy atom. The topological polar surface area (TPSA) is 87.5 Å². The molecule has 0 saturated heterocycles. The molecule has 162 valence electrons. The number of hydrogen-bond donors (Lipinski definition) is 2. The average molecular weight is 438 g/mol. The SMILES string of the molecule is CN(CC(F)(F)F)S(=O)(=O)NCC1CCC(Nc2nc3ccc(F)cc3o2)CC1. The van der Waals surface area contributed by atoms with Gasteiger partial charge in [-0.05, 0) is 43.7 Å². The molecule has 29 heavy (non-hydrogen) atoms. The van der Waals surface area contributed by atoms with Crippen molar-refractivity contribution in [3.8, 4) is 0 Å². The van der Waals surface area contributed by atoms with E-state index in [9.17, 15) is 26.0 Å². The zero-order valence-electron chi connectivity index (χ0n) is 15.7. The fraction of sp³-hybridized carbons (Fsp3) is 0.588. The molecular formula is C17H22F4N4O3S. The number of aromatic nitrogens is 1.